The Kier molecular flexibility index (Phi) is 3.21. The molecule has 29 heavy (non-hydrogen) atoms. The van der Waals surface area contributed by atoms with Crippen LogP contribution < -0.4 is 0 Å². The lowest BCUT2D eigenvalue weighted by molar-refractivity contribution is 0.131. The van der Waals surface area contributed by atoms with E-state index >= 15 is 0 Å². The highest BCUT2D eigenvalue weighted by Gasteiger charge is 2.55. The standard InChI is InChI=1S/C29H34/c1-2-4-20(5-3-1)25-26-21-8-16-6-17(9-21)13-23(12-16)28(26)29-24-14-18-7-19(15-24)11-22(10-18)27(25)29/h1-5,16-19,21-24,26H,6-15H2/t16?,17?,18?,19?,21?,22?,23?,24?,26-/m1/s1. The van der Waals surface area contributed by atoms with Gasteiger partial charge in [-0.2, -0.15) is 0 Å². The minimum Gasteiger partial charge on any atom is -0.0622 e. The third kappa shape index (κ3) is 2.17. The summed E-state index contributed by atoms with van der Waals surface area (Å²) in [5.74, 6) is 8.71. The summed E-state index contributed by atoms with van der Waals surface area (Å²) in [4.78, 5) is 0. The van der Waals surface area contributed by atoms with Crippen LogP contribution >= 0.6 is 0 Å². The molecule has 0 aliphatic heterocycles. The molecule has 0 saturated heterocycles. The van der Waals surface area contributed by atoms with Crippen molar-refractivity contribution in [2.24, 2.45) is 53.3 Å². The quantitative estimate of drug-likeness (QED) is 0.479. The van der Waals surface area contributed by atoms with Gasteiger partial charge in [0.15, 0.2) is 0 Å². The summed E-state index contributed by atoms with van der Waals surface area (Å²) in [5.41, 5.74) is 9.46. The van der Waals surface area contributed by atoms with Crippen molar-refractivity contribution in [1.29, 1.82) is 0 Å². The van der Waals surface area contributed by atoms with Gasteiger partial charge >= 0.3 is 0 Å². The van der Waals surface area contributed by atoms with Crippen molar-refractivity contribution in [2.75, 3.05) is 0 Å². The van der Waals surface area contributed by atoms with Gasteiger partial charge < -0.3 is 0 Å². The fourth-order valence-corrected chi connectivity index (χ4v) is 10.4. The van der Waals surface area contributed by atoms with E-state index in [1.807, 2.05) is 22.3 Å². The van der Waals surface area contributed by atoms with Gasteiger partial charge in [-0.15, -0.1) is 0 Å². The SMILES string of the molecule is c1ccc(C2=C3C(=C4C5CC6CC(C5)CC(C6)[C@H]24)C2CC4CC(CC3C4)C2)cc1. The smallest absolute Gasteiger partial charge is 0.00943 e. The highest BCUT2D eigenvalue weighted by atomic mass is 14.6. The molecule has 1 aromatic carbocycles. The van der Waals surface area contributed by atoms with Gasteiger partial charge in [-0.05, 0) is 134 Å². The highest BCUT2D eigenvalue weighted by Crippen LogP contribution is 2.68. The van der Waals surface area contributed by atoms with Crippen LogP contribution in [0.3, 0.4) is 0 Å². The molecule has 0 heteroatoms. The minimum absolute atomic E-state index is 0.806. The topological polar surface area (TPSA) is 0 Å². The van der Waals surface area contributed by atoms with E-state index in [9.17, 15) is 0 Å². The molecule has 4 unspecified atom stereocenters. The van der Waals surface area contributed by atoms with Crippen molar-refractivity contribution >= 4 is 5.57 Å². The Hall–Kier alpha value is -1.30. The van der Waals surface area contributed by atoms with E-state index in [0.29, 0.717) is 0 Å². The molecule has 150 valence electrons. The molecule has 1 aromatic rings. The lowest BCUT2D eigenvalue weighted by Gasteiger charge is -2.39. The summed E-state index contributed by atoms with van der Waals surface area (Å²) in [6, 6.07) is 11.8. The Morgan fingerprint density at radius 1 is 0.483 bits per heavy atom. The van der Waals surface area contributed by atoms with Gasteiger partial charge in [-0.3, -0.25) is 0 Å². The summed E-state index contributed by atoms with van der Waals surface area (Å²) in [7, 11) is 0. The fourth-order valence-electron chi connectivity index (χ4n) is 10.4. The zero-order valence-electron chi connectivity index (χ0n) is 17.7. The van der Waals surface area contributed by atoms with Crippen LogP contribution in [0.15, 0.2) is 47.1 Å². The molecule has 0 aromatic heterocycles. The van der Waals surface area contributed by atoms with Crippen molar-refractivity contribution in [3.63, 3.8) is 0 Å². The molecule has 10 rings (SSSR count). The Bertz CT molecular complexity index is 904. The van der Waals surface area contributed by atoms with E-state index in [0.717, 1.165) is 53.3 Å². The second-order valence-electron chi connectivity index (χ2n) is 12.2. The Labute approximate surface area is 175 Å². The maximum atomic E-state index is 2.47. The third-order valence-corrected chi connectivity index (χ3v) is 10.7. The van der Waals surface area contributed by atoms with E-state index < -0.39 is 0 Å². The van der Waals surface area contributed by atoms with Crippen LogP contribution in [-0.4, -0.2) is 0 Å². The Morgan fingerprint density at radius 2 is 1.03 bits per heavy atom. The molecule has 0 N–H and O–H groups in total. The normalized spacial score (nSPS) is 48.8. The zero-order chi connectivity index (χ0) is 18.7. The third-order valence-electron chi connectivity index (χ3n) is 10.7. The van der Waals surface area contributed by atoms with Crippen LogP contribution in [0.5, 0.6) is 0 Å². The summed E-state index contributed by atoms with van der Waals surface area (Å²) >= 11 is 0. The second kappa shape index (κ2) is 5.68. The predicted octanol–water partition coefficient (Wildman–Crippen LogP) is 7.28. The lowest BCUT2D eigenvalue weighted by atomic mass is 9.65. The van der Waals surface area contributed by atoms with Gasteiger partial charge in [-0.25, -0.2) is 0 Å². The first-order valence-corrected chi connectivity index (χ1v) is 12.9. The average molecular weight is 383 g/mol. The molecule has 8 bridgehead atoms. The molecule has 9 aliphatic carbocycles. The second-order valence-corrected chi connectivity index (χ2v) is 12.2. The lowest BCUT2D eigenvalue weighted by Crippen LogP contribution is -2.29. The molecule has 5 atom stereocenters. The largest absolute Gasteiger partial charge is 0.0622 e. The van der Waals surface area contributed by atoms with Crippen molar-refractivity contribution in [3.05, 3.63) is 52.6 Å². The first kappa shape index (κ1) is 16.4. The van der Waals surface area contributed by atoms with Gasteiger partial charge in [0.1, 0.15) is 0 Å². The first-order chi connectivity index (χ1) is 14.3. The maximum absolute atomic E-state index is 2.47. The number of hydrogen-bond donors (Lipinski definition) is 0. The molecule has 0 nitrogen and oxygen atoms in total. The average Bonchev–Trinajstić information content (AvgIpc) is 2.88. The summed E-state index contributed by atoms with van der Waals surface area (Å²) < 4.78 is 0. The van der Waals surface area contributed by atoms with Crippen LogP contribution in [0.2, 0.25) is 0 Å². The van der Waals surface area contributed by atoms with Crippen LogP contribution in [0.25, 0.3) is 5.57 Å². The Morgan fingerprint density at radius 3 is 1.69 bits per heavy atom. The molecule has 0 amide bonds. The molecular formula is C29H34. The number of benzene rings is 1. The highest BCUT2D eigenvalue weighted by molar-refractivity contribution is 5.82. The van der Waals surface area contributed by atoms with Crippen molar-refractivity contribution in [2.45, 2.75) is 64.2 Å². The molecule has 9 aliphatic rings. The van der Waals surface area contributed by atoms with Gasteiger partial charge in [0, 0.05) is 5.92 Å². The van der Waals surface area contributed by atoms with Crippen LogP contribution in [0.1, 0.15) is 69.8 Å². The van der Waals surface area contributed by atoms with Gasteiger partial charge in [-0.1, -0.05) is 35.9 Å². The predicted molar refractivity (Wildman–Crippen MR) is 118 cm³/mol. The molecular weight excluding hydrogens is 348 g/mol. The molecule has 0 radical (unpaired) electrons. The summed E-state index contributed by atoms with van der Waals surface area (Å²) in [6.07, 6.45) is 15.4. The maximum Gasteiger partial charge on any atom is 0.00943 e. The minimum atomic E-state index is 0.806. The van der Waals surface area contributed by atoms with Crippen LogP contribution in [-0.2, 0) is 0 Å². The molecule has 0 heterocycles. The van der Waals surface area contributed by atoms with Crippen LogP contribution in [0.4, 0.5) is 0 Å². The Balaban J connectivity index is 1.41. The zero-order valence-corrected chi connectivity index (χ0v) is 17.7. The first-order valence-electron chi connectivity index (χ1n) is 12.9. The van der Waals surface area contributed by atoms with Crippen LogP contribution in [0, 0.1) is 53.3 Å². The van der Waals surface area contributed by atoms with E-state index in [-0.39, 0.29) is 0 Å². The molecule has 8 fully saturated rings. The van der Waals surface area contributed by atoms with E-state index in [1.54, 1.807) is 44.1 Å². The van der Waals surface area contributed by atoms with Gasteiger partial charge in [0.25, 0.3) is 0 Å². The van der Waals surface area contributed by atoms with E-state index in [4.69, 9.17) is 0 Å². The van der Waals surface area contributed by atoms with Gasteiger partial charge in [0.05, 0.1) is 0 Å². The number of rotatable bonds is 1. The van der Waals surface area contributed by atoms with Crippen molar-refractivity contribution in [1.82, 2.24) is 0 Å². The number of hydrogen-bond acceptors (Lipinski definition) is 0. The fraction of sp³-hybridized carbons (Fsp3) is 0.655. The molecule has 0 spiro atoms. The van der Waals surface area contributed by atoms with E-state index in [1.165, 1.54) is 25.7 Å². The summed E-state index contributed by atoms with van der Waals surface area (Å²) in [5, 5.41) is 0. The van der Waals surface area contributed by atoms with Gasteiger partial charge in [0.2, 0.25) is 0 Å². The monoisotopic (exact) mass is 382 g/mol. The molecule has 8 saturated carbocycles. The van der Waals surface area contributed by atoms with E-state index in [2.05, 4.69) is 30.3 Å². The van der Waals surface area contributed by atoms with Crippen molar-refractivity contribution in [3.8, 4) is 0 Å². The number of allylic oxidation sites excluding steroid dienone is 4. The van der Waals surface area contributed by atoms with Crippen molar-refractivity contribution < 1.29 is 0 Å². The summed E-state index contributed by atoms with van der Waals surface area (Å²) in [6.45, 7) is 0.